The molecule has 0 radical (unpaired) electrons. The van der Waals surface area contributed by atoms with Gasteiger partial charge < -0.3 is 10.1 Å². The number of ether oxygens (including phenoxy) is 1. The van der Waals surface area contributed by atoms with E-state index >= 15 is 0 Å². The zero-order valence-electron chi connectivity index (χ0n) is 17.6. The molecule has 1 atom stereocenters. The maximum Gasteiger partial charge on any atom is 0.352 e. The van der Waals surface area contributed by atoms with E-state index in [-0.39, 0.29) is 29.9 Å². The van der Waals surface area contributed by atoms with E-state index in [4.69, 9.17) is 4.74 Å². The number of benzene rings is 1. The summed E-state index contributed by atoms with van der Waals surface area (Å²) in [6, 6.07) is 9.30. The summed E-state index contributed by atoms with van der Waals surface area (Å²) in [6.07, 6.45) is 2.56. The average molecular weight is 454 g/mol. The lowest BCUT2D eigenvalue weighted by Gasteiger charge is -2.12. The van der Waals surface area contributed by atoms with Gasteiger partial charge in [-0.15, -0.1) is 16.4 Å². The standard InChI is InChI=1S/C22H23N5O4S/c1-2-14-5-3-6-15(11-14)23-18(28)13-26-22(30)27-17-8-10-32-19(17)20(29)25(21(27)24-26)12-16-7-4-9-31-16/h3,5-6,8,10-11,16H,2,4,7,9,12-13H2,1H3,(H,23,28)/t16-/m1/s1. The van der Waals surface area contributed by atoms with E-state index < -0.39 is 5.69 Å². The van der Waals surface area contributed by atoms with Crippen molar-refractivity contribution >= 4 is 38.9 Å². The fourth-order valence-corrected chi connectivity index (χ4v) is 4.92. The van der Waals surface area contributed by atoms with Crippen molar-refractivity contribution in [3.8, 4) is 0 Å². The van der Waals surface area contributed by atoms with Crippen LogP contribution in [0.3, 0.4) is 0 Å². The molecule has 1 saturated heterocycles. The van der Waals surface area contributed by atoms with Crippen molar-refractivity contribution in [3.05, 3.63) is 62.1 Å². The predicted molar refractivity (Wildman–Crippen MR) is 123 cm³/mol. The van der Waals surface area contributed by atoms with Gasteiger partial charge in [0.15, 0.2) is 0 Å². The number of amides is 1. The molecule has 1 aromatic carbocycles. The lowest BCUT2D eigenvalue weighted by atomic mass is 10.1. The summed E-state index contributed by atoms with van der Waals surface area (Å²) in [5, 5.41) is 8.97. The van der Waals surface area contributed by atoms with Gasteiger partial charge >= 0.3 is 5.69 Å². The summed E-state index contributed by atoms with van der Waals surface area (Å²) in [5.41, 5.74) is 1.62. The first-order chi connectivity index (χ1) is 15.5. The molecule has 4 aromatic rings. The number of nitrogens with one attached hydrogen (secondary N) is 1. The molecule has 1 amide bonds. The van der Waals surface area contributed by atoms with Crippen molar-refractivity contribution in [2.24, 2.45) is 0 Å². The molecular formula is C22H23N5O4S. The molecule has 0 aliphatic carbocycles. The van der Waals surface area contributed by atoms with Crippen molar-refractivity contribution in [2.75, 3.05) is 11.9 Å². The monoisotopic (exact) mass is 453 g/mol. The van der Waals surface area contributed by atoms with Crippen LogP contribution in [0.2, 0.25) is 0 Å². The van der Waals surface area contributed by atoms with Gasteiger partial charge in [0.2, 0.25) is 11.7 Å². The average Bonchev–Trinajstić information content (AvgIpc) is 3.53. The Balaban J connectivity index is 1.52. The predicted octanol–water partition coefficient (Wildman–Crippen LogP) is 2.25. The zero-order chi connectivity index (χ0) is 22.2. The second-order valence-electron chi connectivity index (χ2n) is 7.86. The van der Waals surface area contributed by atoms with Gasteiger partial charge in [-0.3, -0.25) is 14.2 Å². The van der Waals surface area contributed by atoms with Gasteiger partial charge in [-0.25, -0.2) is 13.9 Å². The number of hydrogen-bond donors (Lipinski definition) is 1. The van der Waals surface area contributed by atoms with Crippen LogP contribution in [0, 0.1) is 0 Å². The molecule has 9 nitrogen and oxygen atoms in total. The second-order valence-corrected chi connectivity index (χ2v) is 8.78. The van der Waals surface area contributed by atoms with Gasteiger partial charge in [-0.1, -0.05) is 19.1 Å². The number of fused-ring (bicyclic) bond motifs is 3. The Morgan fingerprint density at radius 3 is 2.97 bits per heavy atom. The Hall–Kier alpha value is -3.24. The number of rotatable bonds is 6. The van der Waals surface area contributed by atoms with Crippen molar-refractivity contribution < 1.29 is 9.53 Å². The molecule has 1 N–H and O–H groups in total. The van der Waals surface area contributed by atoms with Gasteiger partial charge in [-0.2, -0.15) is 0 Å². The minimum atomic E-state index is -0.457. The van der Waals surface area contributed by atoms with Crippen molar-refractivity contribution in [3.63, 3.8) is 0 Å². The highest BCUT2D eigenvalue weighted by Gasteiger charge is 2.23. The third-order valence-electron chi connectivity index (χ3n) is 5.71. The molecule has 32 heavy (non-hydrogen) atoms. The van der Waals surface area contributed by atoms with E-state index in [0.717, 1.165) is 29.5 Å². The van der Waals surface area contributed by atoms with Gasteiger partial charge in [0.05, 0.1) is 18.2 Å². The number of aryl methyl sites for hydroxylation is 1. The smallest absolute Gasteiger partial charge is 0.352 e. The Morgan fingerprint density at radius 1 is 1.31 bits per heavy atom. The number of aromatic nitrogens is 4. The molecule has 0 unspecified atom stereocenters. The SMILES string of the molecule is CCc1cccc(NC(=O)Cn2nc3n(C[C@H]4CCCO4)c(=O)c4sccc4n3c2=O)c1. The highest BCUT2D eigenvalue weighted by molar-refractivity contribution is 7.17. The first-order valence-corrected chi connectivity index (χ1v) is 11.5. The molecule has 1 aliphatic rings. The maximum absolute atomic E-state index is 13.2. The number of carbonyl (C=O) groups excluding carboxylic acids is 1. The molecule has 0 spiro atoms. The molecule has 0 bridgehead atoms. The number of thiophene rings is 1. The number of hydrogen-bond acceptors (Lipinski definition) is 6. The van der Waals surface area contributed by atoms with E-state index in [1.807, 2.05) is 25.1 Å². The normalized spacial score (nSPS) is 16.2. The zero-order valence-corrected chi connectivity index (χ0v) is 18.4. The lowest BCUT2D eigenvalue weighted by Crippen LogP contribution is -2.30. The second kappa shape index (κ2) is 8.36. The van der Waals surface area contributed by atoms with E-state index in [1.165, 1.54) is 20.3 Å². The summed E-state index contributed by atoms with van der Waals surface area (Å²) in [6.45, 7) is 2.77. The molecule has 10 heteroatoms. The van der Waals surface area contributed by atoms with Crippen LogP contribution in [0.25, 0.3) is 16.0 Å². The van der Waals surface area contributed by atoms with Crippen LogP contribution in [0.1, 0.15) is 25.3 Å². The molecule has 1 fully saturated rings. The van der Waals surface area contributed by atoms with Gasteiger partial charge in [-0.05, 0) is 48.4 Å². The molecule has 166 valence electrons. The number of nitrogens with zero attached hydrogens (tertiary/aromatic N) is 4. The van der Waals surface area contributed by atoms with Gasteiger partial charge in [0.25, 0.3) is 5.56 Å². The molecular weight excluding hydrogens is 430 g/mol. The third-order valence-corrected chi connectivity index (χ3v) is 6.60. The van der Waals surface area contributed by atoms with Crippen LogP contribution in [0.15, 0.2) is 45.3 Å². The highest BCUT2D eigenvalue weighted by Crippen LogP contribution is 2.19. The minimum absolute atomic E-state index is 0.0942. The van der Waals surface area contributed by atoms with Crippen LogP contribution in [-0.2, 0) is 29.0 Å². The van der Waals surface area contributed by atoms with Crippen molar-refractivity contribution in [1.82, 2.24) is 18.7 Å². The van der Waals surface area contributed by atoms with Gasteiger partial charge in [0.1, 0.15) is 11.2 Å². The molecule has 1 aliphatic heterocycles. The minimum Gasteiger partial charge on any atom is -0.376 e. The Labute approximate surface area is 186 Å². The number of carbonyl (C=O) groups is 1. The first-order valence-electron chi connectivity index (χ1n) is 10.6. The van der Waals surface area contributed by atoms with Crippen LogP contribution in [0.4, 0.5) is 5.69 Å². The number of anilines is 1. The summed E-state index contributed by atoms with van der Waals surface area (Å²) in [4.78, 5) is 38.9. The fourth-order valence-electron chi connectivity index (χ4n) is 4.10. The lowest BCUT2D eigenvalue weighted by molar-refractivity contribution is -0.117. The first kappa shape index (κ1) is 20.7. The van der Waals surface area contributed by atoms with E-state index in [2.05, 4.69) is 10.4 Å². The summed E-state index contributed by atoms with van der Waals surface area (Å²) < 4.78 is 10.2. The summed E-state index contributed by atoms with van der Waals surface area (Å²) in [5.74, 6) is -0.138. The van der Waals surface area contributed by atoms with Gasteiger partial charge in [0, 0.05) is 12.3 Å². The fraction of sp³-hybridized carbons (Fsp3) is 0.364. The van der Waals surface area contributed by atoms with Crippen LogP contribution >= 0.6 is 11.3 Å². The quantitative estimate of drug-likeness (QED) is 0.483. The van der Waals surface area contributed by atoms with Crippen LogP contribution in [-0.4, -0.2) is 37.4 Å². The molecule has 4 heterocycles. The molecule has 3 aromatic heterocycles. The Morgan fingerprint density at radius 2 is 2.19 bits per heavy atom. The van der Waals surface area contributed by atoms with E-state index in [0.29, 0.717) is 29.1 Å². The highest BCUT2D eigenvalue weighted by atomic mass is 32.1. The van der Waals surface area contributed by atoms with Crippen molar-refractivity contribution in [1.29, 1.82) is 0 Å². The Bertz CT molecular complexity index is 1420. The largest absolute Gasteiger partial charge is 0.376 e. The van der Waals surface area contributed by atoms with Crippen LogP contribution < -0.4 is 16.6 Å². The summed E-state index contributed by atoms with van der Waals surface area (Å²) in [7, 11) is 0. The van der Waals surface area contributed by atoms with Crippen LogP contribution in [0.5, 0.6) is 0 Å². The van der Waals surface area contributed by atoms with E-state index in [9.17, 15) is 14.4 Å². The summed E-state index contributed by atoms with van der Waals surface area (Å²) >= 11 is 1.29. The topological polar surface area (TPSA) is 99.6 Å². The Kier molecular flexibility index (Phi) is 5.40. The third kappa shape index (κ3) is 3.65. The van der Waals surface area contributed by atoms with Crippen molar-refractivity contribution in [2.45, 2.75) is 45.4 Å². The maximum atomic E-state index is 13.2. The van der Waals surface area contributed by atoms with E-state index in [1.54, 1.807) is 17.5 Å². The molecule has 5 rings (SSSR count). The molecule has 0 saturated carbocycles.